The first-order chi connectivity index (χ1) is 9.40. The van der Waals surface area contributed by atoms with Crippen LogP contribution in [0.2, 0.25) is 0 Å². The molecule has 6 nitrogen and oxygen atoms in total. The van der Waals surface area contributed by atoms with Gasteiger partial charge in [-0.15, -0.1) is 5.10 Å². The summed E-state index contributed by atoms with van der Waals surface area (Å²) in [5.74, 6) is -1.58. The maximum absolute atomic E-state index is 12.1. The van der Waals surface area contributed by atoms with Crippen LogP contribution in [0, 0.1) is 6.92 Å². The number of aromatic carboxylic acids is 1. The number of amides is 1. The van der Waals surface area contributed by atoms with Crippen molar-refractivity contribution in [2.45, 2.75) is 6.92 Å². The smallest absolute Gasteiger partial charge is 0.337 e. The second-order valence-electron chi connectivity index (χ2n) is 3.76. The Bertz CT molecular complexity index is 702. The van der Waals surface area contributed by atoms with E-state index in [2.05, 4.69) is 46.8 Å². The van der Waals surface area contributed by atoms with E-state index in [1.54, 1.807) is 13.0 Å². The summed E-state index contributed by atoms with van der Waals surface area (Å²) in [6, 6.07) is 3.07. The first-order valence-corrected chi connectivity index (χ1v) is 7.58. The third kappa shape index (κ3) is 3.05. The lowest BCUT2D eigenvalue weighted by atomic mass is 10.1. The monoisotopic (exact) mass is 419 g/mol. The standard InChI is InChI=1S/C11H7Br2N3O3S/c1-4-9(20-16-15-4)10(17)14-8-6(11(18)19)2-5(12)3-7(8)13/h2-3H,1H3,(H,14,17)(H,18,19). The second-order valence-corrected chi connectivity index (χ2v) is 6.28. The number of nitrogens with one attached hydrogen (secondary N) is 1. The fourth-order valence-corrected chi connectivity index (χ4v) is 3.36. The summed E-state index contributed by atoms with van der Waals surface area (Å²) >= 11 is 7.40. The minimum Gasteiger partial charge on any atom is -0.478 e. The molecule has 0 fully saturated rings. The molecular weight excluding hydrogens is 414 g/mol. The number of nitrogens with zero attached hydrogens (tertiary/aromatic N) is 2. The fraction of sp³-hybridized carbons (Fsp3) is 0.0909. The molecule has 2 aromatic rings. The van der Waals surface area contributed by atoms with Crippen molar-refractivity contribution in [2.24, 2.45) is 0 Å². The summed E-state index contributed by atoms with van der Waals surface area (Å²) < 4.78 is 4.73. The minimum atomic E-state index is -1.14. The van der Waals surface area contributed by atoms with Gasteiger partial charge in [-0.1, -0.05) is 20.4 Å². The molecule has 0 radical (unpaired) electrons. The quantitative estimate of drug-likeness (QED) is 0.794. The Labute approximate surface area is 134 Å². The maximum atomic E-state index is 12.1. The summed E-state index contributed by atoms with van der Waals surface area (Å²) in [6.07, 6.45) is 0. The Morgan fingerprint density at radius 2 is 2.05 bits per heavy atom. The molecule has 0 unspecified atom stereocenters. The van der Waals surface area contributed by atoms with E-state index in [1.165, 1.54) is 6.07 Å². The van der Waals surface area contributed by atoms with Crippen LogP contribution in [-0.4, -0.2) is 26.6 Å². The lowest BCUT2D eigenvalue weighted by Gasteiger charge is -2.10. The lowest BCUT2D eigenvalue weighted by Crippen LogP contribution is -2.15. The predicted octanol–water partition coefficient (Wildman–Crippen LogP) is 3.32. The Kier molecular flexibility index (Phi) is 4.51. The molecule has 104 valence electrons. The van der Waals surface area contributed by atoms with E-state index in [9.17, 15) is 14.7 Å². The number of hydrogen-bond donors (Lipinski definition) is 2. The van der Waals surface area contributed by atoms with Crippen molar-refractivity contribution in [1.82, 2.24) is 9.59 Å². The van der Waals surface area contributed by atoms with Gasteiger partial charge in [0.25, 0.3) is 5.91 Å². The molecule has 0 atom stereocenters. The molecule has 0 aliphatic carbocycles. The van der Waals surface area contributed by atoms with E-state index in [4.69, 9.17) is 0 Å². The Morgan fingerprint density at radius 1 is 1.35 bits per heavy atom. The number of carboxylic acids is 1. The molecule has 0 aliphatic rings. The average molecular weight is 421 g/mol. The van der Waals surface area contributed by atoms with Crippen molar-refractivity contribution < 1.29 is 14.7 Å². The SMILES string of the molecule is Cc1nnsc1C(=O)Nc1c(Br)cc(Br)cc1C(=O)O. The summed E-state index contributed by atoms with van der Waals surface area (Å²) in [5.41, 5.74) is 0.672. The highest BCUT2D eigenvalue weighted by Crippen LogP contribution is 2.31. The van der Waals surface area contributed by atoms with E-state index in [-0.39, 0.29) is 11.3 Å². The van der Waals surface area contributed by atoms with Crippen molar-refractivity contribution in [3.63, 3.8) is 0 Å². The molecular formula is C11H7Br2N3O3S. The molecule has 0 saturated carbocycles. The van der Waals surface area contributed by atoms with Crippen LogP contribution in [0.3, 0.4) is 0 Å². The molecule has 1 aromatic carbocycles. The molecule has 1 amide bonds. The summed E-state index contributed by atoms with van der Waals surface area (Å²) in [7, 11) is 0. The first-order valence-electron chi connectivity index (χ1n) is 5.22. The van der Waals surface area contributed by atoms with Crippen molar-refractivity contribution in [2.75, 3.05) is 5.32 Å². The van der Waals surface area contributed by atoms with Gasteiger partial charge < -0.3 is 10.4 Å². The van der Waals surface area contributed by atoms with Crippen LogP contribution in [0.15, 0.2) is 21.1 Å². The maximum Gasteiger partial charge on any atom is 0.337 e. The Balaban J connectivity index is 2.41. The van der Waals surface area contributed by atoms with E-state index in [0.29, 0.717) is 19.5 Å². The van der Waals surface area contributed by atoms with E-state index < -0.39 is 11.9 Å². The third-order valence-electron chi connectivity index (χ3n) is 2.38. The van der Waals surface area contributed by atoms with E-state index >= 15 is 0 Å². The van der Waals surface area contributed by atoms with Crippen LogP contribution >= 0.6 is 43.4 Å². The summed E-state index contributed by atoms with van der Waals surface area (Å²) in [4.78, 5) is 23.7. The number of halogens is 2. The molecule has 0 aliphatic heterocycles. The predicted molar refractivity (Wildman–Crippen MR) is 81.4 cm³/mol. The van der Waals surface area contributed by atoms with Crippen LogP contribution in [0.25, 0.3) is 0 Å². The number of carbonyl (C=O) groups excluding carboxylic acids is 1. The number of carbonyl (C=O) groups is 2. The highest BCUT2D eigenvalue weighted by molar-refractivity contribution is 9.11. The number of rotatable bonds is 3. The number of carboxylic acid groups (broad SMARTS) is 1. The zero-order chi connectivity index (χ0) is 14.9. The molecule has 0 spiro atoms. The molecule has 2 N–H and O–H groups in total. The molecule has 1 heterocycles. The summed E-state index contributed by atoms with van der Waals surface area (Å²) in [6.45, 7) is 1.66. The number of aromatic nitrogens is 2. The average Bonchev–Trinajstić information content (AvgIpc) is 2.78. The van der Waals surface area contributed by atoms with Gasteiger partial charge in [0, 0.05) is 8.95 Å². The normalized spacial score (nSPS) is 10.3. The van der Waals surface area contributed by atoms with Gasteiger partial charge in [0.1, 0.15) is 4.88 Å². The largest absolute Gasteiger partial charge is 0.478 e. The highest BCUT2D eigenvalue weighted by Gasteiger charge is 2.20. The van der Waals surface area contributed by atoms with E-state index in [0.717, 1.165) is 11.5 Å². The van der Waals surface area contributed by atoms with Crippen molar-refractivity contribution in [1.29, 1.82) is 0 Å². The highest BCUT2D eigenvalue weighted by atomic mass is 79.9. The minimum absolute atomic E-state index is 0.0188. The van der Waals surface area contributed by atoms with Crippen LogP contribution in [-0.2, 0) is 0 Å². The van der Waals surface area contributed by atoms with E-state index in [1.807, 2.05) is 0 Å². The fourth-order valence-electron chi connectivity index (χ4n) is 1.48. The molecule has 20 heavy (non-hydrogen) atoms. The Morgan fingerprint density at radius 3 is 2.60 bits per heavy atom. The Hall–Kier alpha value is -1.32. The van der Waals surface area contributed by atoms with Gasteiger partial charge in [-0.05, 0) is 46.5 Å². The molecule has 0 saturated heterocycles. The molecule has 0 bridgehead atoms. The van der Waals surface area contributed by atoms with Crippen LogP contribution in [0.1, 0.15) is 25.7 Å². The van der Waals surface area contributed by atoms with Gasteiger partial charge in [0.2, 0.25) is 0 Å². The summed E-state index contributed by atoms with van der Waals surface area (Å²) in [5, 5.41) is 15.5. The third-order valence-corrected chi connectivity index (χ3v) is 4.29. The zero-order valence-electron chi connectivity index (χ0n) is 9.98. The van der Waals surface area contributed by atoms with Crippen LogP contribution < -0.4 is 5.32 Å². The number of anilines is 1. The number of hydrogen-bond acceptors (Lipinski definition) is 5. The van der Waals surface area contributed by atoms with Crippen molar-refractivity contribution >= 4 is 61.0 Å². The first kappa shape index (κ1) is 15.1. The van der Waals surface area contributed by atoms with Crippen LogP contribution in [0.4, 0.5) is 5.69 Å². The van der Waals surface area contributed by atoms with Crippen LogP contribution in [0.5, 0.6) is 0 Å². The van der Waals surface area contributed by atoms with Gasteiger partial charge in [-0.2, -0.15) is 0 Å². The van der Waals surface area contributed by atoms with Gasteiger partial charge in [-0.3, -0.25) is 4.79 Å². The number of aryl methyl sites for hydroxylation is 1. The zero-order valence-corrected chi connectivity index (χ0v) is 14.0. The lowest BCUT2D eigenvalue weighted by molar-refractivity contribution is 0.0698. The van der Waals surface area contributed by atoms with Gasteiger partial charge in [0.05, 0.1) is 16.9 Å². The topological polar surface area (TPSA) is 92.2 Å². The van der Waals surface area contributed by atoms with Gasteiger partial charge >= 0.3 is 5.97 Å². The number of benzene rings is 1. The van der Waals surface area contributed by atoms with Crippen molar-refractivity contribution in [3.05, 3.63) is 37.2 Å². The van der Waals surface area contributed by atoms with Gasteiger partial charge in [-0.25, -0.2) is 4.79 Å². The second kappa shape index (κ2) is 5.98. The molecule has 9 heteroatoms. The van der Waals surface area contributed by atoms with Gasteiger partial charge in [0.15, 0.2) is 0 Å². The van der Waals surface area contributed by atoms with Crippen molar-refractivity contribution in [3.8, 4) is 0 Å². The molecule has 2 rings (SSSR count). The molecule has 1 aromatic heterocycles.